The Kier molecular flexibility index (Phi) is 15.9. The summed E-state index contributed by atoms with van der Waals surface area (Å²) in [7, 11) is -3.24. The Morgan fingerprint density at radius 3 is 1.90 bits per heavy atom. The summed E-state index contributed by atoms with van der Waals surface area (Å²) in [5.41, 5.74) is 0. The summed E-state index contributed by atoms with van der Waals surface area (Å²) in [5.74, 6) is -0.884. The van der Waals surface area contributed by atoms with Gasteiger partial charge in [-0.3, -0.25) is 9.35 Å². The van der Waals surface area contributed by atoms with Crippen molar-refractivity contribution < 1.29 is 22.5 Å². The van der Waals surface area contributed by atoms with E-state index in [1.807, 2.05) is 0 Å². The Morgan fingerprint density at radius 1 is 1.05 bits per heavy atom. The molecule has 0 aromatic heterocycles. The van der Waals surface area contributed by atoms with Gasteiger partial charge in [-0.05, 0) is 6.42 Å². The van der Waals surface area contributed by atoms with E-state index in [4.69, 9.17) is 4.55 Å². The first-order valence-electron chi connectivity index (χ1n) is 6.97. The first-order valence-corrected chi connectivity index (χ1v) is 8.48. The maximum Gasteiger partial charge on any atom is 0.326 e. The van der Waals surface area contributed by atoms with Crippen molar-refractivity contribution >= 4 is 67.5 Å². The van der Waals surface area contributed by atoms with Gasteiger partial charge in [0.05, 0.1) is 7.11 Å². The summed E-state index contributed by atoms with van der Waals surface area (Å²) < 4.78 is 35.4. The molecule has 0 aromatic rings. The number of methoxy groups -OCH3 is 1. The van der Waals surface area contributed by atoms with Crippen molar-refractivity contribution in [2.45, 2.75) is 70.0 Å². The molecule has 0 heterocycles. The van der Waals surface area contributed by atoms with Crippen LogP contribution in [0.5, 0.6) is 0 Å². The first kappa shape index (κ1) is 23.3. The van der Waals surface area contributed by atoms with Gasteiger partial charge in [-0.25, -0.2) is 0 Å². The van der Waals surface area contributed by atoms with E-state index in [2.05, 4.69) is 11.7 Å². The molecule has 0 aliphatic rings. The summed E-state index contributed by atoms with van der Waals surface area (Å²) >= 11 is 0. The second-order valence-electron chi connectivity index (χ2n) is 4.79. The van der Waals surface area contributed by atoms with E-state index >= 15 is 0 Å². The molecule has 20 heavy (non-hydrogen) atoms. The fourth-order valence-electron chi connectivity index (χ4n) is 1.98. The molecule has 0 rings (SSSR count). The van der Waals surface area contributed by atoms with E-state index in [0.717, 1.165) is 26.4 Å². The van der Waals surface area contributed by atoms with Crippen LogP contribution in [0, 0.1) is 0 Å². The Labute approximate surface area is 165 Å². The molecular weight excluding hydrogens is 307 g/mol. The average molecular weight is 334 g/mol. The van der Waals surface area contributed by atoms with Crippen LogP contribution in [0.15, 0.2) is 0 Å². The minimum Gasteiger partial charge on any atom is -0.468 e. The quantitative estimate of drug-likeness (QED) is 0.272. The van der Waals surface area contributed by atoms with E-state index in [1.165, 1.54) is 25.7 Å². The normalized spacial score (nSPS) is 12.6. The standard InChI is InChI=1S/C13H26O5S.K/c1-3-4-5-6-7-8-9-10-11-12(13(14)18-2)19(15,16)17;/h12H,3-11H2,1-2H3,(H,15,16,17);. The second-order valence-corrected chi connectivity index (χ2v) is 6.39. The fraction of sp³-hybridized carbons (Fsp3) is 0.923. The van der Waals surface area contributed by atoms with Gasteiger partial charge in [0.15, 0.2) is 5.25 Å². The number of esters is 1. The summed E-state index contributed by atoms with van der Waals surface area (Å²) in [6, 6.07) is 0. The third kappa shape index (κ3) is 11.7. The van der Waals surface area contributed by atoms with Crippen LogP contribution in [0.2, 0.25) is 0 Å². The van der Waals surface area contributed by atoms with Crippen molar-refractivity contribution in [3.8, 4) is 0 Å². The SMILES string of the molecule is CCCCCCCCCCC(C(=O)OC)S(=O)(=O)O.[K]. The van der Waals surface area contributed by atoms with Crippen molar-refractivity contribution in [1.29, 1.82) is 0 Å². The molecule has 1 radical (unpaired) electrons. The number of unbranched alkanes of at least 4 members (excludes halogenated alkanes) is 7. The zero-order chi connectivity index (χ0) is 14.7. The van der Waals surface area contributed by atoms with Gasteiger partial charge in [-0.2, -0.15) is 8.42 Å². The Morgan fingerprint density at radius 2 is 1.50 bits per heavy atom. The number of ether oxygens (including phenoxy) is 1. The third-order valence-corrected chi connectivity index (χ3v) is 4.29. The molecule has 115 valence electrons. The topological polar surface area (TPSA) is 80.7 Å². The van der Waals surface area contributed by atoms with Gasteiger partial charge in [0, 0.05) is 51.4 Å². The van der Waals surface area contributed by atoms with E-state index in [9.17, 15) is 13.2 Å². The summed E-state index contributed by atoms with van der Waals surface area (Å²) in [6.07, 6.45) is 8.68. The smallest absolute Gasteiger partial charge is 0.326 e. The van der Waals surface area contributed by atoms with Gasteiger partial charge in [0.1, 0.15) is 0 Å². The van der Waals surface area contributed by atoms with Crippen molar-refractivity contribution in [2.75, 3.05) is 7.11 Å². The molecule has 0 amide bonds. The van der Waals surface area contributed by atoms with E-state index in [0.29, 0.717) is 6.42 Å². The van der Waals surface area contributed by atoms with Gasteiger partial charge in [-0.15, -0.1) is 0 Å². The monoisotopic (exact) mass is 333 g/mol. The summed E-state index contributed by atoms with van der Waals surface area (Å²) in [5, 5.41) is -1.43. The van der Waals surface area contributed by atoms with Crippen LogP contribution < -0.4 is 0 Å². The van der Waals surface area contributed by atoms with E-state index in [1.54, 1.807) is 0 Å². The van der Waals surface area contributed by atoms with Crippen LogP contribution >= 0.6 is 0 Å². The molecule has 1 unspecified atom stereocenters. The largest absolute Gasteiger partial charge is 0.468 e. The molecule has 0 fully saturated rings. The van der Waals surface area contributed by atoms with Crippen LogP contribution in [-0.2, 0) is 19.6 Å². The predicted molar refractivity (Wildman–Crippen MR) is 80.3 cm³/mol. The van der Waals surface area contributed by atoms with E-state index in [-0.39, 0.29) is 57.8 Å². The Bertz CT molecular complexity index is 343. The van der Waals surface area contributed by atoms with Gasteiger partial charge in [0.25, 0.3) is 10.1 Å². The van der Waals surface area contributed by atoms with Crippen LogP contribution in [-0.4, -0.2) is 82.7 Å². The van der Waals surface area contributed by atoms with Crippen molar-refractivity contribution in [3.63, 3.8) is 0 Å². The molecule has 0 aliphatic carbocycles. The van der Waals surface area contributed by atoms with Crippen LogP contribution in [0.3, 0.4) is 0 Å². The van der Waals surface area contributed by atoms with Crippen molar-refractivity contribution in [3.05, 3.63) is 0 Å². The number of carbonyl (C=O) groups is 1. The summed E-state index contributed by atoms with van der Waals surface area (Å²) in [4.78, 5) is 11.2. The zero-order valence-corrected chi connectivity index (χ0v) is 16.9. The minimum atomic E-state index is -4.36. The molecule has 0 spiro atoms. The molecule has 0 aliphatic heterocycles. The fourth-order valence-corrected chi connectivity index (χ4v) is 2.79. The van der Waals surface area contributed by atoms with Crippen molar-refractivity contribution in [2.24, 2.45) is 0 Å². The second kappa shape index (κ2) is 13.7. The van der Waals surface area contributed by atoms with Crippen molar-refractivity contribution in [1.82, 2.24) is 0 Å². The number of rotatable bonds is 11. The third-order valence-electron chi connectivity index (χ3n) is 3.14. The van der Waals surface area contributed by atoms with E-state index < -0.39 is 21.3 Å². The Hall–Kier alpha value is 1.02. The molecule has 1 atom stereocenters. The molecule has 0 bridgehead atoms. The van der Waals surface area contributed by atoms with Crippen LogP contribution in [0.4, 0.5) is 0 Å². The van der Waals surface area contributed by atoms with Gasteiger partial charge >= 0.3 is 5.97 Å². The number of hydrogen-bond donors (Lipinski definition) is 1. The zero-order valence-electron chi connectivity index (χ0n) is 12.9. The molecule has 1 N–H and O–H groups in total. The molecule has 5 nitrogen and oxygen atoms in total. The Balaban J connectivity index is 0. The van der Waals surface area contributed by atoms with Gasteiger partial charge in [0.2, 0.25) is 0 Å². The van der Waals surface area contributed by atoms with Gasteiger partial charge in [-0.1, -0.05) is 58.3 Å². The maximum atomic E-state index is 11.2. The molecule has 0 aromatic carbocycles. The first-order chi connectivity index (χ1) is 8.93. The average Bonchev–Trinajstić information content (AvgIpc) is 2.34. The number of hydrogen-bond acceptors (Lipinski definition) is 4. The van der Waals surface area contributed by atoms with Gasteiger partial charge < -0.3 is 4.74 Å². The maximum absolute atomic E-state index is 11.2. The minimum absolute atomic E-state index is 0. The van der Waals surface area contributed by atoms with Crippen LogP contribution in [0.1, 0.15) is 64.7 Å². The summed E-state index contributed by atoms with van der Waals surface area (Å²) in [6.45, 7) is 2.17. The molecule has 0 saturated carbocycles. The molecule has 0 saturated heterocycles. The molecular formula is C13H26KO5S. The predicted octanol–water partition coefficient (Wildman–Crippen LogP) is 2.57. The number of carbonyl (C=O) groups excluding carboxylic acids is 1. The molecule has 7 heteroatoms. The van der Waals surface area contributed by atoms with Crippen LogP contribution in [0.25, 0.3) is 0 Å².